The van der Waals surface area contributed by atoms with Gasteiger partial charge >= 0.3 is 0 Å². The second-order valence-electron chi connectivity index (χ2n) is 4.56. The summed E-state index contributed by atoms with van der Waals surface area (Å²) >= 11 is 0. The summed E-state index contributed by atoms with van der Waals surface area (Å²) in [7, 11) is 0. The molecule has 2 atom stereocenters. The van der Waals surface area contributed by atoms with Gasteiger partial charge < -0.3 is 10.1 Å². The van der Waals surface area contributed by atoms with Crippen LogP contribution in [-0.4, -0.2) is 49.8 Å². The molecule has 3 heterocycles. The molecule has 0 aromatic heterocycles. The van der Waals surface area contributed by atoms with Crippen LogP contribution in [0.25, 0.3) is 0 Å². The standard InChI is InChI=1S/C10H18N2O/c1-2-8-4-11-5-10(8)12(3-1)9-6-13-7-9/h8-11H,1-7H2. The Labute approximate surface area is 79.4 Å². The number of likely N-dealkylation sites (tertiary alicyclic amines) is 1. The van der Waals surface area contributed by atoms with Crippen LogP contribution in [0.15, 0.2) is 0 Å². The highest BCUT2D eigenvalue weighted by Gasteiger charge is 2.40. The molecule has 3 rings (SSSR count). The fourth-order valence-corrected chi connectivity index (χ4v) is 2.97. The minimum atomic E-state index is 0.743. The van der Waals surface area contributed by atoms with Gasteiger partial charge in [0.1, 0.15) is 0 Å². The maximum Gasteiger partial charge on any atom is 0.0645 e. The van der Waals surface area contributed by atoms with Gasteiger partial charge in [-0.1, -0.05) is 0 Å². The lowest BCUT2D eigenvalue weighted by atomic mass is 9.90. The fourth-order valence-electron chi connectivity index (χ4n) is 2.97. The lowest BCUT2D eigenvalue weighted by Crippen LogP contribution is -2.57. The van der Waals surface area contributed by atoms with Gasteiger partial charge in [-0.2, -0.15) is 0 Å². The normalized spacial score (nSPS) is 41.5. The molecule has 3 saturated heterocycles. The van der Waals surface area contributed by atoms with Crippen molar-refractivity contribution >= 4 is 0 Å². The van der Waals surface area contributed by atoms with E-state index in [0.29, 0.717) is 0 Å². The van der Waals surface area contributed by atoms with Crippen LogP contribution in [0.1, 0.15) is 12.8 Å². The van der Waals surface area contributed by atoms with E-state index in [1.807, 2.05) is 0 Å². The van der Waals surface area contributed by atoms with Gasteiger partial charge in [0, 0.05) is 12.6 Å². The Hall–Kier alpha value is -0.120. The maximum atomic E-state index is 5.27. The summed E-state index contributed by atoms with van der Waals surface area (Å²) < 4.78 is 5.27. The van der Waals surface area contributed by atoms with Crippen molar-refractivity contribution in [3.8, 4) is 0 Å². The van der Waals surface area contributed by atoms with E-state index >= 15 is 0 Å². The van der Waals surface area contributed by atoms with Crippen LogP contribution >= 0.6 is 0 Å². The predicted octanol–water partition coefficient (Wildman–Crippen LogP) is 0.0690. The smallest absolute Gasteiger partial charge is 0.0645 e. The van der Waals surface area contributed by atoms with Crippen molar-refractivity contribution < 1.29 is 4.74 Å². The molecule has 3 aliphatic heterocycles. The van der Waals surface area contributed by atoms with E-state index < -0.39 is 0 Å². The molecule has 13 heavy (non-hydrogen) atoms. The molecule has 0 radical (unpaired) electrons. The molecule has 0 aromatic rings. The number of nitrogens with zero attached hydrogens (tertiary/aromatic N) is 1. The molecule has 0 aromatic carbocycles. The second kappa shape index (κ2) is 3.23. The highest BCUT2D eigenvalue weighted by atomic mass is 16.5. The molecule has 0 amide bonds. The van der Waals surface area contributed by atoms with E-state index in [4.69, 9.17) is 4.74 Å². The zero-order valence-corrected chi connectivity index (χ0v) is 8.04. The average Bonchev–Trinajstić information content (AvgIpc) is 2.49. The molecule has 0 spiro atoms. The number of hydrogen-bond donors (Lipinski definition) is 1. The number of piperidine rings is 1. The summed E-state index contributed by atoms with van der Waals surface area (Å²) in [4.78, 5) is 2.69. The molecule has 0 saturated carbocycles. The van der Waals surface area contributed by atoms with Crippen molar-refractivity contribution in [1.82, 2.24) is 10.2 Å². The summed E-state index contributed by atoms with van der Waals surface area (Å²) in [5.74, 6) is 0.925. The Morgan fingerprint density at radius 2 is 2.15 bits per heavy atom. The Balaban J connectivity index is 1.70. The second-order valence-corrected chi connectivity index (χ2v) is 4.56. The third-order valence-corrected chi connectivity index (χ3v) is 3.81. The van der Waals surface area contributed by atoms with E-state index in [0.717, 1.165) is 31.2 Å². The molecule has 74 valence electrons. The van der Waals surface area contributed by atoms with Crippen LogP contribution in [0.3, 0.4) is 0 Å². The largest absolute Gasteiger partial charge is 0.378 e. The Morgan fingerprint density at radius 3 is 2.92 bits per heavy atom. The predicted molar refractivity (Wildman–Crippen MR) is 50.7 cm³/mol. The molecule has 0 aliphatic carbocycles. The summed E-state index contributed by atoms with van der Waals surface area (Å²) in [6.07, 6.45) is 2.82. The third kappa shape index (κ3) is 1.30. The lowest BCUT2D eigenvalue weighted by molar-refractivity contribution is -0.0904. The van der Waals surface area contributed by atoms with Gasteiger partial charge in [-0.05, 0) is 31.8 Å². The van der Waals surface area contributed by atoms with Crippen molar-refractivity contribution in [2.45, 2.75) is 24.9 Å². The average molecular weight is 182 g/mol. The van der Waals surface area contributed by atoms with Crippen molar-refractivity contribution in [1.29, 1.82) is 0 Å². The third-order valence-electron chi connectivity index (χ3n) is 3.81. The molecular weight excluding hydrogens is 164 g/mol. The van der Waals surface area contributed by atoms with E-state index in [-0.39, 0.29) is 0 Å². The van der Waals surface area contributed by atoms with Crippen LogP contribution in [0, 0.1) is 5.92 Å². The first kappa shape index (κ1) is 8.21. The number of nitrogens with one attached hydrogen (secondary N) is 1. The molecule has 3 heteroatoms. The van der Waals surface area contributed by atoms with Gasteiger partial charge in [-0.3, -0.25) is 4.90 Å². The van der Waals surface area contributed by atoms with E-state index in [9.17, 15) is 0 Å². The van der Waals surface area contributed by atoms with Crippen molar-refractivity contribution in [3.05, 3.63) is 0 Å². The molecule has 3 fully saturated rings. The molecule has 0 bridgehead atoms. The maximum absolute atomic E-state index is 5.27. The monoisotopic (exact) mass is 182 g/mol. The molecule has 3 aliphatic rings. The van der Waals surface area contributed by atoms with Crippen molar-refractivity contribution in [2.75, 3.05) is 32.8 Å². The van der Waals surface area contributed by atoms with Crippen LogP contribution in [-0.2, 0) is 4.74 Å². The molecular formula is C10H18N2O. The van der Waals surface area contributed by atoms with Gasteiger partial charge in [0.15, 0.2) is 0 Å². The van der Waals surface area contributed by atoms with E-state index in [1.54, 1.807) is 0 Å². The highest BCUT2D eigenvalue weighted by Crippen LogP contribution is 2.29. The topological polar surface area (TPSA) is 24.5 Å². The van der Waals surface area contributed by atoms with Gasteiger partial charge in [-0.25, -0.2) is 0 Å². The van der Waals surface area contributed by atoms with Crippen LogP contribution in [0.4, 0.5) is 0 Å². The van der Waals surface area contributed by atoms with Crippen LogP contribution in [0.5, 0.6) is 0 Å². The quantitative estimate of drug-likeness (QED) is 0.621. The summed E-state index contributed by atoms with van der Waals surface area (Å²) in [6.45, 7) is 5.71. The van der Waals surface area contributed by atoms with Crippen LogP contribution in [0.2, 0.25) is 0 Å². The molecule has 1 N–H and O–H groups in total. The summed E-state index contributed by atoms with van der Waals surface area (Å²) in [5, 5.41) is 3.51. The fraction of sp³-hybridized carbons (Fsp3) is 1.00. The first-order valence-electron chi connectivity index (χ1n) is 5.49. The lowest BCUT2D eigenvalue weighted by Gasteiger charge is -2.45. The first-order chi connectivity index (χ1) is 6.45. The number of fused-ring (bicyclic) bond motifs is 1. The summed E-state index contributed by atoms with van der Waals surface area (Å²) in [6, 6.07) is 1.57. The van der Waals surface area contributed by atoms with Gasteiger partial charge in [0.05, 0.1) is 19.3 Å². The zero-order valence-electron chi connectivity index (χ0n) is 8.04. The Bertz CT molecular complexity index is 193. The van der Waals surface area contributed by atoms with Crippen molar-refractivity contribution in [3.63, 3.8) is 0 Å². The molecule has 3 nitrogen and oxygen atoms in total. The minimum Gasteiger partial charge on any atom is -0.378 e. The van der Waals surface area contributed by atoms with Gasteiger partial charge in [0.2, 0.25) is 0 Å². The Kier molecular flexibility index (Phi) is 2.04. The minimum absolute atomic E-state index is 0.743. The van der Waals surface area contributed by atoms with E-state index in [2.05, 4.69) is 10.2 Å². The number of hydrogen-bond acceptors (Lipinski definition) is 3. The highest BCUT2D eigenvalue weighted by molar-refractivity contribution is 4.95. The zero-order chi connectivity index (χ0) is 8.67. The van der Waals surface area contributed by atoms with E-state index in [1.165, 1.54) is 32.5 Å². The number of rotatable bonds is 1. The molecule has 2 unspecified atom stereocenters. The number of ether oxygens (including phenoxy) is 1. The Morgan fingerprint density at radius 1 is 1.23 bits per heavy atom. The van der Waals surface area contributed by atoms with Gasteiger partial charge in [-0.15, -0.1) is 0 Å². The van der Waals surface area contributed by atoms with Gasteiger partial charge in [0.25, 0.3) is 0 Å². The van der Waals surface area contributed by atoms with Crippen molar-refractivity contribution in [2.24, 2.45) is 5.92 Å². The summed E-state index contributed by atoms with van der Waals surface area (Å²) in [5.41, 5.74) is 0. The first-order valence-corrected chi connectivity index (χ1v) is 5.49. The van der Waals surface area contributed by atoms with Crippen LogP contribution < -0.4 is 5.32 Å². The SMILES string of the molecule is C1CC2CNCC2N(C2COC2)C1.